The van der Waals surface area contributed by atoms with Gasteiger partial charge in [-0.05, 0) is 60.5 Å². The fourth-order valence-corrected chi connectivity index (χ4v) is 1.96. The van der Waals surface area contributed by atoms with E-state index in [0.717, 1.165) is 12.0 Å². The molecule has 0 spiro atoms. The van der Waals surface area contributed by atoms with Crippen LogP contribution in [0.1, 0.15) is 29.3 Å². The summed E-state index contributed by atoms with van der Waals surface area (Å²) in [6.07, 6.45) is 2.35. The molecule has 2 aromatic carbocycles. The van der Waals surface area contributed by atoms with Crippen LogP contribution in [0.2, 0.25) is 0 Å². The van der Waals surface area contributed by atoms with Crippen LogP contribution in [0.3, 0.4) is 0 Å². The summed E-state index contributed by atoms with van der Waals surface area (Å²) in [6.45, 7) is 2.44. The van der Waals surface area contributed by atoms with Crippen LogP contribution in [-0.2, 0) is 4.79 Å². The first kappa shape index (κ1) is 19.0. The van der Waals surface area contributed by atoms with E-state index in [0.29, 0.717) is 17.9 Å². The molecular weight excluding hydrogens is 334 g/mol. The summed E-state index contributed by atoms with van der Waals surface area (Å²) in [7, 11) is 0. The third-order valence-corrected chi connectivity index (χ3v) is 3.29. The van der Waals surface area contributed by atoms with Gasteiger partial charge in [0.05, 0.1) is 19.4 Å². The Morgan fingerprint density at radius 3 is 2.46 bits per heavy atom. The monoisotopic (exact) mass is 355 g/mol. The number of ether oxygens (including phenoxy) is 1. The van der Waals surface area contributed by atoms with Crippen molar-refractivity contribution in [3.8, 4) is 11.5 Å². The molecule has 0 heterocycles. The molecular formula is C19H21N3O4. The van der Waals surface area contributed by atoms with Crippen molar-refractivity contribution in [2.45, 2.75) is 13.3 Å². The molecule has 2 amide bonds. The number of aromatic hydroxyl groups is 1. The van der Waals surface area contributed by atoms with Crippen molar-refractivity contribution < 1.29 is 19.4 Å². The van der Waals surface area contributed by atoms with Gasteiger partial charge >= 0.3 is 0 Å². The van der Waals surface area contributed by atoms with E-state index in [1.807, 2.05) is 6.92 Å². The van der Waals surface area contributed by atoms with Gasteiger partial charge in [0.1, 0.15) is 11.5 Å². The third-order valence-electron chi connectivity index (χ3n) is 3.29. The van der Waals surface area contributed by atoms with Gasteiger partial charge in [0.2, 0.25) is 0 Å². The lowest BCUT2D eigenvalue weighted by Gasteiger charge is -2.07. The fraction of sp³-hybridized carbons (Fsp3) is 0.211. The molecule has 0 aliphatic carbocycles. The summed E-state index contributed by atoms with van der Waals surface area (Å²) in [5.41, 5.74) is 3.48. The molecule has 136 valence electrons. The number of phenols is 1. The van der Waals surface area contributed by atoms with E-state index in [2.05, 4.69) is 15.8 Å². The minimum absolute atomic E-state index is 0.152. The van der Waals surface area contributed by atoms with Crippen LogP contribution in [0.4, 0.5) is 0 Å². The molecule has 3 N–H and O–H groups in total. The van der Waals surface area contributed by atoms with E-state index in [-0.39, 0.29) is 18.2 Å². The Balaban J connectivity index is 1.75. The molecule has 7 nitrogen and oxygen atoms in total. The molecule has 2 aromatic rings. The largest absolute Gasteiger partial charge is 0.508 e. The van der Waals surface area contributed by atoms with Gasteiger partial charge < -0.3 is 15.2 Å². The number of carbonyl (C=O) groups is 2. The van der Waals surface area contributed by atoms with Crippen LogP contribution in [0.5, 0.6) is 11.5 Å². The normalized spacial score (nSPS) is 10.5. The first-order chi connectivity index (χ1) is 12.6. The molecule has 7 heteroatoms. The maximum absolute atomic E-state index is 12.0. The van der Waals surface area contributed by atoms with Crippen LogP contribution >= 0.6 is 0 Å². The van der Waals surface area contributed by atoms with Crippen molar-refractivity contribution in [3.05, 3.63) is 59.7 Å². The highest BCUT2D eigenvalue weighted by Gasteiger charge is 2.07. The molecule has 0 aliphatic heterocycles. The Labute approximate surface area is 151 Å². The van der Waals surface area contributed by atoms with Gasteiger partial charge in [-0.3, -0.25) is 9.59 Å². The molecule has 0 aromatic heterocycles. The summed E-state index contributed by atoms with van der Waals surface area (Å²) in [6, 6.07) is 13.0. The predicted molar refractivity (Wildman–Crippen MR) is 98.4 cm³/mol. The molecule has 0 unspecified atom stereocenters. The molecule has 2 rings (SSSR count). The average Bonchev–Trinajstić information content (AvgIpc) is 2.66. The molecule has 0 aliphatic rings. The van der Waals surface area contributed by atoms with E-state index < -0.39 is 5.91 Å². The van der Waals surface area contributed by atoms with Gasteiger partial charge in [-0.15, -0.1) is 0 Å². The molecule has 0 saturated heterocycles. The Hall–Kier alpha value is -3.35. The van der Waals surface area contributed by atoms with Gasteiger partial charge in [0.25, 0.3) is 11.8 Å². The van der Waals surface area contributed by atoms with Gasteiger partial charge in [-0.2, -0.15) is 5.10 Å². The summed E-state index contributed by atoms with van der Waals surface area (Å²) in [5.74, 6) is 0.0459. The zero-order valence-electron chi connectivity index (χ0n) is 14.4. The van der Waals surface area contributed by atoms with Crippen molar-refractivity contribution >= 4 is 18.0 Å². The topological polar surface area (TPSA) is 100 Å². The minimum Gasteiger partial charge on any atom is -0.508 e. The maximum atomic E-state index is 12.0. The van der Waals surface area contributed by atoms with Crippen LogP contribution in [0.25, 0.3) is 0 Å². The Bertz CT molecular complexity index is 755. The van der Waals surface area contributed by atoms with Gasteiger partial charge in [0.15, 0.2) is 0 Å². The number of rotatable bonds is 8. The number of benzene rings is 2. The predicted octanol–water partition coefficient (Wildman–Crippen LogP) is 2.06. The number of phenolic OH excluding ortho intramolecular Hbond substituents is 1. The second-order valence-corrected chi connectivity index (χ2v) is 5.44. The summed E-state index contributed by atoms with van der Waals surface area (Å²) < 4.78 is 5.45. The highest BCUT2D eigenvalue weighted by Crippen LogP contribution is 2.12. The Morgan fingerprint density at radius 1 is 1.12 bits per heavy atom. The number of hydrogen-bond acceptors (Lipinski definition) is 5. The molecule has 0 fully saturated rings. The Morgan fingerprint density at radius 2 is 1.81 bits per heavy atom. The van der Waals surface area contributed by atoms with Crippen LogP contribution in [-0.4, -0.2) is 36.3 Å². The van der Waals surface area contributed by atoms with E-state index in [4.69, 9.17) is 4.74 Å². The quantitative estimate of drug-likeness (QED) is 0.498. The number of nitrogens with zero attached hydrogens (tertiary/aromatic N) is 1. The van der Waals surface area contributed by atoms with Crippen LogP contribution in [0.15, 0.2) is 53.6 Å². The second kappa shape index (κ2) is 9.83. The van der Waals surface area contributed by atoms with E-state index >= 15 is 0 Å². The SMILES string of the molecule is CCCOc1ccc(C(=O)NCC(=O)N/N=C\c2ccc(O)cc2)cc1. The summed E-state index contributed by atoms with van der Waals surface area (Å²) >= 11 is 0. The zero-order chi connectivity index (χ0) is 18.8. The van der Waals surface area contributed by atoms with Crippen LogP contribution < -0.4 is 15.5 Å². The van der Waals surface area contributed by atoms with Crippen molar-refractivity contribution in [2.24, 2.45) is 5.10 Å². The maximum Gasteiger partial charge on any atom is 0.259 e. The van der Waals surface area contributed by atoms with Gasteiger partial charge in [-0.1, -0.05) is 6.92 Å². The lowest BCUT2D eigenvalue weighted by molar-refractivity contribution is -0.120. The van der Waals surface area contributed by atoms with Crippen LogP contribution in [0, 0.1) is 0 Å². The van der Waals surface area contributed by atoms with Gasteiger partial charge in [0, 0.05) is 5.56 Å². The van der Waals surface area contributed by atoms with E-state index in [1.54, 1.807) is 36.4 Å². The molecule has 0 bridgehead atoms. The highest BCUT2D eigenvalue weighted by atomic mass is 16.5. The number of amides is 2. The standard InChI is InChI=1S/C19H21N3O4/c1-2-11-26-17-9-5-15(6-10-17)19(25)20-13-18(24)22-21-12-14-3-7-16(23)8-4-14/h3-10,12,23H,2,11,13H2,1H3,(H,20,25)(H,22,24)/b21-12-. The van der Waals surface area contributed by atoms with Crippen molar-refractivity contribution in [3.63, 3.8) is 0 Å². The minimum atomic E-state index is -0.448. The van der Waals surface area contributed by atoms with Crippen molar-refractivity contribution in [2.75, 3.05) is 13.2 Å². The van der Waals surface area contributed by atoms with Gasteiger partial charge in [-0.25, -0.2) is 5.43 Å². The number of carbonyl (C=O) groups excluding carboxylic acids is 2. The van der Waals surface area contributed by atoms with Crippen molar-refractivity contribution in [1.82, 2.24) is 10.7 Å². The molecule has 0 atom stereocenters. The number of nitrogens with one attached hydrogen (secondary N) is 2. The first-order valence-electron chi connectivity index (χ1n) is 8.20. The fourth-order valence-electron chi connectivity index (χ4n) is 1.96. The second-order valence-electron chi connectivity index (χ2n) is 5.44. The summed E-state index contributed by atoms with van der Waals surface area (Å²) in [4.78, 5) is 23.7. The van der Waals surface area contributed by atoms with E-state index in [9.17, 15) is 14.7 Å². The summed E-state index contributed by atoms with van der Waals surface area (Å²) in [5, 5.41) is 15.5. The average molecular weight is 355 g/mol. The third kappa shape index (κ3) is 6.27. The first-order valence-corrected chi connectivity index (χ1v) is 8.20. The van der Waals surface area contributed by atoms with Crippen molar-refractivity contribution in [1.29, 1.82) is 0 Å². The lowest BCUT2D eigenvalue weighted by atomic mass is 10.2. The number of hydrogen-bond donors (Lipinski definition) is 3. The molecule has 0 saturated carbocycles. The molecule has 0 radical (unpaired) electrons. The number of hydrazone groups is 1. The molecule has 26 heavy (non-hydrogen) atoms. The van der Waals surface area contributed by atoms with E-state index in [1.165, 1.54) is 18.3 Å². The Kier molecular flexibility index (Phi) is 7.17. The highest BCUT2D eigenvalue weighted by molar-refractivity contribution is 5.96. The zero-order valence-corrected chi connectivity index (χ0v) is 14.4. The smallest absolute Gasteiger partial charge is 0.259 e. The lowest BCUT2D eigenvalue weighted by Crippen LogP contribution is -2.34.